The predicted octanol–water partition coefficient (Wildman–Crippen LogP) is 1.37. The van der Waals surface area contributed by atoms with Gasteiger partial charge in [0, 0.05) is 6.54 Å². The summed E-state index contributed by atoms with van der Waals surface area (Å²) in [5, 5.41) is 2.72. The average Bonchev–Trinajstić information content (AvgIpc) is 2.38. The van der Waals surface area contributed by atoms with E-state index in [-0.39, 0.29) is 11.6 Å². The molecule has 0 bridgehead atoms. The minimum absolute atomic E-state index is 0.126. The standard InChI is InChI=1S/C14H21N3O3/c1-9(2)6-7-16-13(18)10(3)20-14(19)12-5-4-11(15)8-17-12/h4-5,8-10H,6-7,15H2,1-3H3,(H,16,18). The van der Waals surface area contributed by atoms with Crippen LogP contribution in [0.15, 0.2) is 18.3 Å². The van der Waals surface area contributed by atoms with Gasteiger partial charge in [-0.1, -0.05) is 13.8 Å². The van der Waals surface area contributed by atoms with Crippen LogP contribution in [0.3, 0.4) is 0 Å². The van der Waals surface area contributed by atoms with E-state index in [1.165, 1.54) is 19.2 Å². The van der Waals surface area contributed by atoms with Gasteiger partial charge in [0.15, 0.2) is 6.10 Å². The summed E-state index contributed by atoms with van der Waals surface area (Å²) in [5.74, 6) is -0.446. The zero-order valence-electron chi connectivity index (χ0n) is 12.1. The number of carbonyl (C=O) groups excluding carboxylic acids is 2. The Morgan fingerprint density at radius 3 is 2.60 bits per heavy atom. The van der Waals surface area contributed by atoms with E-state index >= 15 is 0 Å². The van der Waals surface area contributed by atoms with E-state index in [1.54, 1.807) is 6.07 Å². The average molecular weight is 279 g/mol. The van der Waals surface area contributed by atoms with Crippen molar-refractivity contribution in [1.29, 1.82) is 0 Å². The fraction of sp³-hybridized carbons (Fsp3) is 0.500. The van der Waals surface area contributed by atoms with Crippen LogP contribution < -0.4 is 11.1 Å². The third-order valence-corrected chi connectivity index (χ3v) is 2.67. The van der Waals surface area contributed by atoms with Gasteiger partial charge < -0.3 is 15.8 Å². The molecule has 1 aromatic heterocycles. The number of nitrogen functional groups attached to an aromatic ring is 1. The molecule has 1 aromatic rings. The number of hydrogen-bond donors (Lipinski definition) is 2. The summed E-state index contributed by atoms with van der Waals surface area (Å²) in [6, 6.07) is 3.01. The summed E-state index contributed by atoms with van der Waals surface area (Å²) < 4.78 is 5.04. The SMILES string of the molecule is CC(C)CCNC(=O)C(C)OC(=O)c1ccc(N)cn1. The molecule has 0 spiro atoms. The molecule has 1 atom stereocenters. The number of rotatable bonds is 6. The molecule has 0 saturated heterocycles. The van der Waals surface area contributed by atoms with E-state index in [9.17, 15) is 9.59 Å². The van der Waals surface area contributed by atoms with E-state index < -0.39 is 12.1 Å². The van der Waals surface area contributed by atoms with Crippen LogP contribution in [0.25, 0.3) is 0 Å². The molecule has 0 saturated carbocycles. The van der Waals surface area contributed by atoms with Gasteiger partial charge >= 0.3 is 5.97 Å². The van der Waals surface area contributed by atoms with Gasteiger partial charge in [0.25, 0.3) is 5.91 Å². The molecule has 0 aliphatic heterocycles. The van der Waals surface area contributed by atoms with E-state index in [2.05, 4.69) is 24.1 Å². The molecule has 6 nitrogen and oxygen atoms in total. The molecule has 0 aliphatic rings. The maximum atomic E-state index is 11.7. The highest BCUT2D eigenvalue weighted by molar-refractivity contribution is 5.90. The Morgan fingerprint density at radius 2 is 2.05 bits per heavy atom. The topological polar surface area (TPSA) is 94.3 Å². The molecule has 1 rings (SSSR count). The highest BCUT2D eigenvalue weighted by Gasteiger charge is 2.19. The Balaban J connectivity index is 2.44. The number of nitrogens with one attached hydrogen (secondary N) is 1. The number of pyridine rings is 1. The van der Waals surface area contributed by atoms with Gasteiger partial charge in [-0.2, -0.15) is 0 Å². The lowest BCUT2D eigenvalue weighted by Crippen LogP contribution is -2.36. The van der Waals surface area contributed by atoms with Crippen LogP contribution in [0.1, 0.15) is 37.7 Å². The van der Waals surface area contributed by atoms with Crippen molar-refractivity contribution in [3.05, 3.63) is 24.0 Å². The number of carbonyl (C=O) groups is 2. The lowest BCUT2D eigenvalue weighted by Gasteiger charge is -2.13. The minimum Gasteiger partial charge on any atom is -0.448 e. The summed E-state index contributed by atoms with van der Waals surface area (Å²) in [6.07, 6.45) is 1.39. The zero-order valence-corrected chi connectivity index (χ0v) is 12.1. The third kappa shape index (κ3) is 5.26. The van der Waals surface area contributed by atoms with Crippen molar-refractivity contribution in [3.63, 3.8) is 0 Å². The molecule has 0 radical (unpaired) electrons. The third-order valence-electron chi connectivity index (χ3n) is 2.67. The number of ether oxygens (including phenoxy) is 1. The fourth-order valence-corrected chi connectivity index (χ4v) is 1.43. The molecule has 0 fully saturated rings. The molecule has 110 valence electrons. The van der Waals surface area contributed by atoms with Crippen LogP contribution in [0.2, 0.25) is 0 Å². The van der Waals surface area contributed by atoms with E-state index in [1.807, 2.05) is 0 Å². The van der Waals surface area contributed by atoms with Crippen molar-refractivity contribution in [3.8, 4) is 0 Å². The van der Waals surface area contributed by atoms with Crippen LogP contribution in [-0.2, 0) is 9.53 Å². The lowest BCUT2D eigenvalue weighted by molar-refractivity contribution is -0.129. The molecule has 0 aliphatic carbocycles. The normalized spacial score (nSPS) is 12.0. The predicted molar refractivity (Wildman–Crippen MR) is 76.0 cm³/mol. The minimum atomic E-state index is -0.853. The first-order valence-electron chi connectivity index (χ1n) is 6.60. The highest BCUT2D eigenvalue weighted by atomic mass is 16.5. The maximum absolute atomic E-state index is 11.7. The second-order valence-electron chi connectivity index (χ2n) is 5.00. The smallest absolute Gasteiger partial charge is 0.357 e. The van der Waals surface area contributed by atoms with E-state index in [0.717, 1.165) is 6.42 Å². The number of esters is 1. The number of nitrogens with zero attached hydrogens (tertiary/aromatic N) is 1. The Bertz CT molecular complexity index is 457. The Morgan fingerprint density at radius 1 is 1.35 bits per heavy atom. The Labute approximate surface area is 118 Å². The summed E-state index contributed by atoms with van der Waals surface area (Å²) in [7, 11) is 0. The first kappa shape index (κ1) is 15.9. The quantitative estimate of drug-likeness (QED) is 0.767. The second kappa shape index (κ2) is 7.47. The van der Waals surface area contributed by atoms with Crippen molar-refractivity contribution in [2.75, 3.05) is 12.3 Å². The van der Waals surface area contributed by atoms with Crippen molar-refractivity contribution in [2.45, 2.75) is 33.3 Å². The molecular formula is C14H21N3O3. The molecule has 1 heterocycles. The van der Waals surface area contributed by atoms with Gasteiger partial charge in [-0.25, -0.2) is 9.78 Å². The summed E-state index contributed by atoms with van der Waals surface area (Å²) in [5.41, 5.74) is 6.06. The number of aromatic nitrogens is 1. The fourth-order valence-electron chi connectivity index (χ4n) is 1.43. The van der Waals surface area contributed by atoms with Crippen LogP contribution >= 0.6 is 0 Å². The zero-order chi connectivity index (χ0) is 15.1. The van der Waals surface area contributed by atoms with Crippen molar-refractivity contribution < 1.29 is 14.3 Å². The summed E-state index contributed by atoms with van der Waals surface area (Å²) in [4.78, 5) is 27.3. The number of hydrogen-bond acceptors (Lipinski definition) is 5. The maximum Gasteiger partial charge on any atom is 0.357 e. The second-order valence-corrected chi connectivity index (χ2v) is 5.00. The van der Waals surface area contributed by atoms with Gasteiger partial charge in [-0.05, 0) is 31.4 Å². The number of amides is 1. The largest absolute Gasteiger partial charge is 0.448 e. The lowest BCUT2D eigenvalue weighted by atomic mass is 10.1. The van der Waals surface area contributed by atoms with Crippen LogP contribution in [0.5, 0.6) is 0 Å². The van der Waals surface area contributed by atoms with Gasteiger partial charge in [-0.3, -0.25) is 4.79 Å². The van der Waals surface area contributed by atoms with Crippen molar-refractivity contribution in [1.82, 2.24) is 10.3 Å². The van der Waals surface area contributed by atoms with Crippen molar-refractivity contribution in [2.24, 2.45) is 5.92 Å². The summed E-state index contributed by atoms with van der Waals surface area (Å²) in [6.45, 7) is 6.24. The molecule has 0 aromatic carbocycles. The van der Waals surface area contributed by atoms with Gasteiger partial charge in [0.05, 0.1) is 11.9 Å². The number of anilines is 1. The molecule has 20 heavy (non-hydrogen) atoms. The Kier molecular flexibility index (Phi) is 5.96. The number of nitrogens with two attached hydrogens (primary N) is 1. The summed E-state index contributed by atoms with van der Waals surface area (Å²) >= 11 is 0. The molecule has 3 N–H and O–H groups in total. The Hall–Kier alpha value is -2.11. The highest BCUT2D eigenvalue weighted by Crippen LogP contribution is 2.05. The van der Waals surface area contributed by atoms with Crippen LogP contribution in [-0.4, -0.2) is 29.5 Å². The monoisotopic (exact) mass is 279 g/mol. The van der Waals surface area contributed by atoms with Gasteiger partial charge in [-0.15, -0.1) is 0 Å². The van der Waals surface area contributed by atoms with Crippen LogP contribution in [0.4, 0.5) is 5.69 Å². The molecular weight excluding hydrogens is 258 g/mol. The molecule has 1 unspecified atom stereocenters. The van der Waals surface area contributed by atoms with Gasteiger partial charge in [0.2, 0.25) is 0 Å². The van der Waals surface area contributed by atoms with E-state index in [4.69, 9.17) is 10.5 Å². The van der Waals surface area contributed by atoms with Crippen molar-refractivity contribution >= 4 is 17.6 Å². The first-order chi connectivity index (χ1) is 9.40. The van der Waals surface area contributed by atoms with Gasteiger partial charge in [0.1, 0.15) is 5.69 Å². The van der Waals surface area contributed by atoms with E-state index in [0.29, 0.717) is 18.2 Å². The first-order valence-corrected chi connectivity index (χ1v) is 6.60. The van der Waals surface area contributed by atoms with Crippen LogP contribution in [0, 0.1) is 5.92 Å². The molecule has 6 heteroatoms. The molecule has 1 amide bonds.